The Hall–Kier alpha value is -4.04. The second kappa shape index (κ2) is 11.1. The van der Waals surface area contributed by atoms with Crippen LogP contribution in [-0.2, 0) is 16.1 Å². The lowest BCUT2D eigenvalue weighted by Crippen LogP contribution is -2.38. The molecule has 1 N–H and O–H groups in total. The van der Waals surface area contributed by atoms with E-state index < -0.39 is 5.82 Å². The number of carbonyl (C=O) groups is 2. The Bertz CT molecular complexity index is 1310. The summed E-state index contributed by atoms with van der Waals surface area (Å²) >= 11 is 6.16. The van der Waals surface area contributed by atoms with Crippen molar-refractivity contribution in [3.05, 3.63) is 82.6 Å². The third-order valence-corrected chi connectivity index (χ3v) is 5.82. The van der Waals surface area contributed by atoms with Gasteiger partial charge in [-0.1, -0.05) is 23.7 Å². The summed E-state index contributed by atoms with van der Waals surface area (Å²) in [7, 11) is 1.55. The molecule has 1 aliphatic heterocycles. The van der Waals surface area contributed by atoms with Gasteiger partial charge in [-0.3, -0.25) is 9.59 Å². The van der Waals surface area contributed by atoms with Crippen LogP contribution >= 0.6 is 11.6 Å². The number of hydrogen-bond donors (Lipinski definition) is 1. The lowest BCUT2D eigenvalue weighted by atomic mass is 10.1. The molecule has 0 bridgehead atoms. The SMILES string of the molecule is CCOc1ccc(/C=C/C(=O)Nc2ccc3c(c2)N(Cc2c(F)cccc2Cl)C(=O)CO3)cc1OC. The van der Waals surface area contributed by atoms with Crippen LogP contribution in [0.4, 0.5) is 15.8 Å². The van der Waals surface area contributed by atoms with Gasteiger partial charge in [0.1, 0.15) is 11.6 Å². The van der Waals surface area contributed by atoms with E-state index in [1.165, 1.54) is 23.1 Å². The van der Waals surface area contributed by atoms with Gasteiger partial charge in [-0.2, -0.15) is 0 Å². The van der Waals surface area contributed by atoms with Gasteiger partial charge in [0, 0.05) is 22.3 Å². The molecule has 0 fully saturated rings. The van der Waals surface area contributed by atoms with Gasteiger partial charge in [0.2, 0.25) is 5.91 Å². The molecule has 2 amide bonds. The van der Waals surface area contributed by atoms with E-state index in [9.17, 15) is 14.0 Å². The maximum Gasteiger partial charge on any atom is 0.265 e. The minimum absolute atomic E-state index is 0.0718. The molecule has 186 valence electrons. The fourth-order valence-corrected chi connectivity index (χ4v) is 3.94. The summed E-state index contributed by atoms with van der Waals surface area (Å²) in [6, 6.07) is 14.6. The summed E-state index contributed by atoms with van der Waals surface area (Å²) in [5.74, 6) is 0.382. The van der Waals surface area contributed by atoms with Gasteiger partial charge in [-0.05, 0) is 61.0 Å². The average Bonchev–Trinajstić information content (AvgIpc) is 2.87. The molecule has 1 heterocycles. The normalized spacial score (nSPS) is 12.8. The van der Waals surface area contributed by atoms with Crippen molar-refractivity contribution in [3.63, 3.8) is 0 Å². The van der Waals surface area contributed by atoms with Crippen molar-refractivity contribution >= 4 is 40.9 Å². The second-order valence-electron chi connectivity index (χ2n) is 7.82. The summed E-state index contributed by atoms with van der Waals surface area (Å²) in [5.41, 5.74) is 1.80. The standard InChI is InChI=1S/C27H24ClFN2O5/c1-3-35-24-10-7-17(13-25(24)34-2)8-12-26(32)30-18-9-11-23-22(14-18)31(27(33)16-36-23)15-19-20(28)5-4-6-21(19)29/h4-14H,3,15-16H2,1-2H3,(H,30,32)/b12-8+. The number of hydrogen-bond acceptors (Lipinski definition) is 5. The number of fused-ring (bicyclic) bond motifs is 1. The van der Waals surface area contributed by atoms with Gasteiger partial charge in [-0.25, -0.2) is 4.39 Å². The highest BCUT2D eigenvalue weighted by Crippen LogP contribution is 2.36. The van der Waals surface area contributed by atoms with Crippen LogP contribution in [0.5, 0.6) is 17.2 Å². The molecule has 4 rings (SSSR count). The number of ether oxygens (including phenoxy) is 3. The summed E-state index contributed by atoms with van der Waals surface area (Å²) in [5, 5.41) is 2.99. The van der Waals surface area contributed by atoms with E-state index in [0.29, 0.717) is 35.2 Å². The molecule has 0 spiro atoms. The van der Waals surface area contributed by atoms with Gasteiger partial charge in [-0.15, -0.1) is 0 Å². The number of methoxy groups -OCH3 is 1. The first-order valence-corrected chi connectivity index (χ1v) is 11.6. The highest BCUT2D eigenvalue weighted by molar-refractivity contribution is 6.31. The molecule has 1 aliphatic rings. The monoisotopic (exact) mass is 510 g/mol. The van der Waals surface area contributed by atoms with Gasteiger partial charge in [0.25, 0.3) is 5.91 Å². The van der Waals surface area contributed by atoms with Crippen molar-refractivity contribution in [2.75, 3.05) is 30.5 Å². The summed E-state index contributed by atoms with van der Waals surface area (Å²) in [6.07, 6.45) is 3.03. The number of nitrogens with zero attached hydrogens (tertiary/aromatic N) is 1. The van der Waals surface area contributed by atoms with Gasteiger partial charge in [0.15, 0.2) is 18.1 Å². The number of amides is 2. The molecular weight excluding hydrogens is 487 g/mol. The largest absolute Gasteiger partial charge is 0.493 e. The van der Waals surface area contributed by atoms with Crippen LogP contribution in [0.25, 0.3) is 6.08 Å². The number of carbonyl (C=O) groups excluding carboxylic acids is 2. The predicted molar refractivity (Wildman–Crippen MR) is 136 cm³/mol. The fourth-order valence-electron chi connectivity index (χ4n) is 3.71. The van der Waals surface area contributed by atoms with Crippen molar-refractivity contribution in [2.24, 2.45) is 0 Å². The molecule has 0 aromatic heterocycles. The Morgan fingerprint density at radius 1 is 1.19 bits per heavy atom. The fraction of sp³-hybridized carbons (Fsp3) is 0.185. The zero-order chi connectivity index (χ0) is 25.7. The Morgan fingerprint density at radius 3 is 2.78 bits per heavy atom. The molecule has 0 atom stereocenters. The first kappa shape index (κ1) is 25.1. The van der Waals surface area contributed by atoms with Crippen molar-refractivity contribution < 1.29 is 28.2 Å². The van der Waals surface area contributed by atoms with Gasteiger partial charge < -0.3 is 24.4 Å². The lowest BCUT2D eigenvalue weighted by molar-refractivity contribution is -0.121. The maximum atomic E-state index is 14.4. The number of anilines is 2. The van der Waals surface area contributed by atoms with E-state index in [0.717, 1.165) is 5.56 Å². The topological polar surface area (TPSA) is 77.1 Å². The molecular formula is C27H24ClFN2O5. The van der Waals surface area contributed by atoms with E-state index in [4.69, 9.17) is 25.8 Å². The Labute approximate surface area is 213 Å². The molecule has 3 aromatic carbocycles. The van der Waals surface area contributed by atoms with E-state index in [1.54, 1.807) is 49.6 Å². The second-order valence-corrected chi connectivity index (χ2v) is 8.22. The van der Waals surface area contributed by atoms with Crippen molar-refractivity contribution in [2.45, 2.75) is 13.5 Å². The highest BCUT2D eigenvalue weighted by Gasteiger charge is 2.27. The van der Waals surface area contributed by atoms with E-state index in [-0.39, 0.29) is 35.6 Å². The first-order chi connectivity index (χ1) is 17.4. The predicted octanol–water partition coefficient (Wildman–Crippen LogP) is 5.46. The zero-order valence-corrected chi connectivity index (χ0v) is 20.5. The Kier molecular flexibility index (Phi) is 7.75. The minimum Gasteiger partial charge on any atom is -0.493 e. The van der Waals surface area contributed by atoms with E-state index in [2.05, 4.69) is 5.32 Å². The van der Waals surface area contributed by atoms with Crippen LogP contribution in [0.15, 0.2) is 60.7 Å². The molecule has 9 heteroatoms. The van der Waals surface area contributed by atoms with Crippen LogP contribution in [0.2, 0.25) is 5.02 Å². The van der Waals surface area contributed by atoms with Crippen LogP contribution in [0.3, 0.4) is 0 Å². The third-order valence-electron chi connectivity index (χ3n) is 5.46. The lowest BCUT2D eigenvalue weighted by Gasteiger charge is -2.30. The quantitative estimate of drug-likeness (QED) is 0.407. The number of halogens is 2. The first-order valence-electron chi connectivity index (χ1n) is 11.2. The molecule has 0 unspecified atom stereocenters. The molecule has 3 aromatic rings. The third kappa shape index (κ3) is 5.60. The van der Waals surface area contributed by atoms with Gasteiger partial charge >= 0.3 is 0 Å². The Balaban J connectivity index is 1.51. The molecule has 0 saturated carbocycles. The molecule has 36 heavy (non-hydrogen) atoms. The van der Waals surface area contributed by atoms with Crippen molar-refractivity contribution in [1.29, 1.82) is 0 Å². The average molecular weight is 511 g/mol. The summed E-state index contributed by atoms with van der Waals surface area (Å²) < 4.78 is 30.7. The number of benzene rings is 3. The molecule has 0 aliphatic carbocycles. The van der Waals surface area contributed by atoms with Crippen LogP contribution in [-0.4, -0.2) is 32.1 Å². The summed E-state index contributed by atoms with van der Waals surface area (Å²) in [4.78, 5) is 26.6. The van der Waals surface area contributed by atoms with Crippen molar-refractivity contribution in [3.8, 4) is 17.2 Å². The maximum absolute atomic E-state index is 14.4. The van der Waals surface area contributed by atoms with Crippen LogP contribution in [0.1, 0.15) is 18.1 Å². The number of rotatable bonds is 8. The van der Waals surface area contributed by atoms with Crippen LogP contribution < -0.4 is 24.4 Å². The van der Waals surface area contributed by atoms with E-state index >= 15 is 0 Å². The van der Waals surface area contributed by atoms with E-state index in [1.807, 2.05) is 13.0 Å². The number of nitrogens with one attached hydrogen (secondary N) is 1. The molecule has 7 nitrogen and oxygen atoms in total. The minimum atomic E-state index is -0.510. The molecule has 0 radical (unpaired) electrons. The van der Waals surface area contributed by atoms with Gasteiger partial charge in [0.05, 0.1) is 25.9 Å². The zero-order valence-electron chi connectivity index (χ0n) is 19.7. The highest BCUT2D eigenvalue weighted by atomic mass is 35.5. The van der Waals surface area contributed by atoms with Crippen molar-refractivity contribution in [1.82, 2.24) is 0 Å². The summed E-state index contributed by atoms with van der Waals surface area (Å²) in [6.45, 7) is 2.14. The Morgan fingerprint density at radius 2 is 2.03 bits per heavy atom. The molecule has 0 saturated heterocycles. The smallest absolute Gasteiger partial charge is 0.265 e. The van der Waals surface area contributed by atoms with Crippen LogP contribution in [0, 0.1) is 5.82 Å².